The van der Waals surface area contributed by atoms with Gasteiger partial charge in [-0.15, -0.1) is 10.2 Å². The summed E-state index contributed by atoms with van der Waals surface area (Å²) in [7, 11) is 1.83. The average Bonchev–Trinajstić information content (AvgIpc) is 2.70. The summed E-state index contributed by atoms with van der Waals surface area (Å²) in [6.45, 7) is 0.347. The molecule has 0 atom stereocenters. The molecule has 1 aromatic carbocycles. The van der Waals surface area contributed by atoms with Crippen molar-refractivity contribution in [3.8, 4) is 0 Å². The number of aryl methyl sites for hydroxylation is 1. The first kappa shape index (κ1) is 13.2. The first-order chi connectivity index (χ1) is 8.56. The normalized spacial score (nSPS) is 10.4. The van der Waals surface area contributed by atoms with Gasteiger partial charge in [-0.3, -0.25) is 4.79 Å². The first-order valence-electron chi connectivity index (χ1n) is 5.13. The molecule has 0 radical (unpaired) electrons. The first-order valence-corrected chi connectivity index (χ1v) is 6.72. The molecule has 0 saturated carbocycles. The van der Waals surface area contributed by atoms with E-state index >= 15 is 0 Å². The summed E-state index contributed by atoms with van der Waals surface area (Å²) < 4.78 is 3.46. The molecule has 1 heterocycles. The van der Waals surface area contributed by atoms with Crippen molar-refractivity contribution in [1.82, 2.24) is 20.1 Å². The van der Waals surface area contributed by atoms with Gasteiger partial charge in [0.15, 0.2) is 5.82 Å². The van der Waals surface area contributed by atoms with Crippen molar-refractivity contribution >= 4 is 37.8 Å². The van der Waals surface area contributed by atoms with E-state index in [0.29, 0.717) is 17.9 Å². The molecule has 18 heavy (non-hydrogen) atoms. The highest BCUT2D eigenvalue weighted by Crippen LogP contribution is 2.20. The highest BCUT2D eigenvalue weighted by molar-refractivity contribution is 9.11. The largest absolute Gasteiger partial charge is 0.345 e. The van der Waals surface area contributed by atoms with Crippen molar-refractivity contribution in [2.24, 2.45) is 7.05 Å². The number of benzene rings is 1. The van der Waals surface area contributed by atoms with Crippen LogP contribution < -0.4 is 5.32 Å². The third kappa shape index (κ3) is 3.17. The van der Waals surface area contributed by atoms with Crippen LogP contribution in [0.25, 0.3) is 0 Å². The summed E-state index contributed by atoms with van der Waals surface area (Å²) in [4.78, 5) is 11.9. The Morgan fingerprint density at radius 2 is 2.00 bits per heavy atom. The molecule has 94 valence electrons. The highest BCUT2D eigenvalue weighted by atomic mass is 79.9. The van der Waals surface area contributed by atoms with Crippen LogP contribution in [-0.2, 0) is 13.6 Å². The molecule has 0 fully saturated rings. The van der Waals surface area contributed by atoms with E-state index in [9.17, 15) is 4.79 Å². The Morgan fingerprint density at radius 3 is 2.56 bits per heavy atom. The van der Waals surface area contributed by atoms with Crippen molar-refractivity contribution in [3.05, 3.63) is 44.9 Å². The number of hydrogen-bond acceptors (Lipinski definition) is 3. The standard InChI is InChI=1S/C11H10Br2N4O/c1-17-6-15-16-10(17)5-14-11(18)7-2-8(12)4-9(13)3-7/h2-4,6H,5H2,1H3,(H,14,18). The summed E-state index contributed by atoms with van der Waals surface area (Å²) in [5.74, 6) is 0.553. The molecule has 1 aromatic heterocycles. The summed E-state index contributed by atoms with van der Waals surface area (Å²) >= 11 is 6.69. The van der Waals surface area contributed by atoms with Crippen LogP contribution in [0.3, 0.4) is 0 Å². The van der Waals surface area contributed by atoms with E-state index in [1.54, 1.807) is 23.0 Å². The van der Waals surface area contributed by atoms with Gasteiger partial charge in [0.1, 0.15) is 6.33 Å². The molecule has 0 spiro atoms. The minimum Gasteiger partial charge on any atom is -0.345 e. The summed E-state index contributed by atoms with van der Waals surface area (Å²) in [5, 5.41) is 10.4. The second-order valence-corrected chi connectivity index (χ2v) is 5.53. The van der Waals surface area contributed by atoms with Crippen molar-refractivity contribution in [1.29, 1.82) is 0 Å². The predicted molar refractivity (Wildman–Crippen MR) is 74.0 cm³/mol. The lowest BCUT2D eigenvalue weighted by atomic mass is 10.2. The maximum atomic E-state index is 11.9. The lowest BCUT2D eigenvalue weighted by Gasteiger charge is -2.05. The van der Waals surface area contributed by atoms with Crippen LogP contribution in [0.1, 0.15) is 16.2 Å². The number of aromatic nitrogens is 3. The van der Waals surface area contributed by atoms with Gasteiger partial charge in [0.25, 0.3) is 5.91 Å². The molecule has 0 bridgehead atoms. The maximum Gasteiger partial charge on any atom is 0.251 e. The summed E-state index contributed by atoms with van der Waals surface area (Å²) in [6.07, 6.45) is 1.59. The minimum atomic E-state index is -0.153. The molecule has 1 amide bonds. The molecule has 2 aromatic rings. The fraction of sp³-hybridized carbons (Fsp3) is 0.182. The molecule has 0 aliphatic heterocycles. The van der Waals surface area contributed by atoms with Crippen LogP contribution in [0.5, 0.6) is 0 Å². The fourth-order valence-electron chi connectivity index (χ4n) is 1.41. The number of nitrogens with zero attached hydrogens (tertiary/aromatic N) is 3. The van der Waals surface area contributed by atoms with Gasteiger partial charge in [-0.1, -0.05) is 31.9 Å². The van der Waals surface area contributed by atoms with Gasteiger partial charge in [-0.2, -0.15) is 0 Å². The second kappa shape index (κ2) is 5.62. The monoisotopic (exact) mass is 372 g/mol. The van der Waals surface area contributed by atoms with Crippen LogP contribution in [0.4, 0.5) is 0 Å². The Bertz CT molecular complexity index is 562. The average molecular weight is 374 g/mol. The Morgan fingerprint density at radius 1 is 1.33 bits per heavy atom. The van der Waals surface area contributed by atoms with Crippen LogP contribution in [0.2, 0.25) is 0 Å². The molecule has 5 nitrogen and oxygen atoms in total. The molecular formula is C11H10Br2N4O. The molecule has 1 N–H and O–H groups in total. The number of amides is 1. The third-order valence-electron chi connectivity index (χ3n) is 2.34. The number of carbonyl (C=O) groups is 1. The number of carbonyl (C=O) groups excluding carboxylic acids is 1. The van der Waals surface area contributed by atoms with E-state index in [1.807, 2.05) is 13.1 Å². The smallest absolute Gasteiger partial charge is 0.251 e. The SMILES string of the molecule is Cn1cnnc1CNC(=O)c1cc(Br)cc(Br)c1. The Hall–Kier alpha value is -1.21. The molecule has 0 aliphatic carbocycles. The number of rotatable bonds is 3. The fourth-order valence-corrected chi connectivity index (χ4v) is 2.71. The number of halogens is 2. The lowest BCUT2D eigenvalue weighted by molar-refractivity contribution is 0.0949. The van der Waals surface area contributed by atoms with Gasteiger partial charge in [-0.05, 0) is 18.2 Å². The van der Waals surface area contributed by atoms with Crippen LogP contribution in [0.15, 0.2) is 33.5 Å². The Kier molecular flexibility index (Phi) is 4.13. The third-order valence-corrected chi connectivity index (χ3v) is 3.25. The van der Waals surface area contributed by atoms with E-state index in [0.717, 1.165) is 8.95 Å². The predicted octanol–water partition coefficient (Wildman–Crippen LogP) is 2.27. The van der Waals surface area contributed by atoms with Gasteiger partial charge in [0.2, 0.25) is 0 Å². The van der Waals surface area contributed by atoms with E-state index in [4.69, 9.17) is 0 Å². The van der Waals surface area contributed by atoms with Crippen LogP contribution >= 0.6 is 31.9 Å². The van der Waals surface area contributed by atoms with Crippen LogP contribution in [0, 0.1) is 0 Å². The van der Waals surface area contributed by atoms with Crippen molar-refractivity contribution in [2.45, 2.75) is 6.54 Å². The van der Waals surface area contributed by atoms with E-state index < -0.39 is 0 Å². The quantitative estimate of drug-likeness (QED) is 0.897. The summed E-state index contributed by atoms with van der Waals surface area (Å²) in [6, 6.07) is 5.40. The van der Waals surface area contributed by atoms with Crippen molar-refractivity contribution < 1.29 is 4.79 Å². The maximum absolute atomic E-state index is 11.9. The molecule has 0 saturated heterocycles. The Balaban J connectivity index is 2.06. The Labute approximate surface area is 121 Å². The van der Waals surface area contributed by atoms with Gasteiger partial charge < -0.3 is 9.88 Å². The zero-order chi connectivity index (χ0) is 13.1. The molecular weight excluding hydrogens is 364 g/mol. The van der Waals surface area contributed by atoms with Gasteiger partial charge >= 0.3 is 0 Å². The van der Waals surface area contributed by atoms with Crippen LogP contribution in [-0.4, -0.2) is 20.7 Å². The summed E-state index contributed by atoms with van der Waals surface area (Å²) in [5.41, 5.74) is 0.582. The molecule has 7 heteroatoms. The van der Waals surface area contributed by atoms with Gasteiger partial charge in [-0.25, -0.2) is 0 Å². The molecule has 0 unspecified atom stereocenters. The number of nitrogens with one attached hydrogen (secondary N) is 1. The zero-order valence-electron chi connectivity index (χ0n) is 9.52. The highest BCUT2D eigenvalue weighted by Gasteiger charge is 2.09. The van der Waals surface area contributed by atoms with E-state index in [1.165, 1.54) is 0 Å². The second-order valence-electron chi connectivity index (χ2n) is 3.70. The zero-order valence-corrected chi connectivity index (χ0v) is 12.7. The van der Waals surface area contributed by atoms with Crippen molar-refractivity contribution in [3.63, 3.8) is 0 Å². The minimum absolute atomic E-state index is 0.153. The molecule has 0 aliphatic rings. The topological polar surface area (TPSA) is 59.8 Å². The van der Waals surface area contributed by atoms with Gasteiger partial charge in [0, 0.05) is 21.6 Å². The van der Waals surface area contributed by atoms with Gasteiger partial charge in [0.05, 0.1) is 6.54 Å². The lowest BCUT2D eigenvalue weighted by Crippen LogP contribution is -2.24. The van der Waals surface area contributed by atoms with Crippen molar-refractivity contribution in [2.75, 3.05) is 0 Å². The van der Waals surface area contributed by atoms with E-state index in [-0.39, 0.29) is 5.91 Å². The molecule has 2 rings (SSSR count). The van der Waals surface area contributed by atoms with E-state index in [2.05, 4.69) is 47.4 Å². The number of hydrogen-bond donors (Lipinski definition) is 1.